The van der Waals surface area contributed by atoms with Crippen molar-refractivity contribution in [2.24, 2.45) is 24.7 Å². The number of hydrazine groups is 1. The molecule has 1 aliphatic rings. The van der Waals surface area contributed by atoms with Crippen LogP contribution in [-0.2, 0) is 13.5 Å². The van der Waals surface area contributed by atoms with Crippen LogP contribution in [0.1, 0.15) is 31.7 Å². The molecule has 3 N–H and O–H groups in total. The van der Waals surface area contributed by atoms with Gasteiger partial charge in [0.25, 0.3) is 0 Å². The summed E-state index contributed by atoms with van der Waals surface area (Å²) < 4.78 is 1.85. The van der Waals surface area contributed by atoms with E-state index in [0.717, 1.165) is 12.3 Å². The highest BCUT2D eigenvalue weighted by Gasteiger charge is 2.30. The Morgan fingerprint density at radius 2 is 2.44 bits per heavy atom. The van der Waals surface area contributed by atoms with Crippen LogP contribution in [0, 0.1) is 11.8 Å². The van der Waals surface area contributed by atoms with Crippen molar-refractivity contribution in [2.45, 2.75) is 38.6 Å². The molecular formula is C12H22N4. The molecule has 0 aromatic carbocycles. The second-order valence-electron chi connectivity index (χ2n) is 5.07. The molecule has 2 rings (SSSR count). The topological polar surface area (TPSA) is 55.9 Å². The van der Waals surface area contributed by atoms with Crippen molar-refractivity contribution in [1.29, 1.82) is 0 Å². The van der Waals surface area contributed by atoms with Gasteiger partial charge in [0, 0.05) is 19.3 Å². The summed E-state index contributed by atoms with van der Waals surface area (Å²) in [6.07, 6.45) is 8.98. The van der Waals surface area contributed by atoms with Crippen LogP contribution in [0.5, 0.6) is 0 Å². The molecule has 0 aliphatic heterocycles. The van der Waals surface area contributed by atoms with Gasteiger partial charge in [0.15, 0.2) is 0 Å². The van der Waals surface area contributed by atoms with Crippen LogP contribution in [0.25, 0.3) is 0 Å². The monoisotopic (exact) mass is 222 g/mol. The Morgan fingerprint density at radius 3 is 2.94 bits per heavy atom. The summed E-state index contributed by atoms with van der Waals surface area (Å²) in [5.41, 5.74) is 4.26. The zero-order valence-corrected chi connectivity index (χ0v) is 10.2. The molecule has 1 aromatic rings. The Labute approximate surface area is 97.2 Å². The highest BCUT2D eigenvalue weighted by atomic mass is 15.2. The molecule has 1 heterocycles. The first-order valence-corrected chi connectivity index (χ1v) is 6.14. The molecule has 16 heavy (non-hydrogen) atoms. The Morgan fingerprint density at radius 1 is 1.62 bits per heavy atom. The fraction of sp³-hybridized carbons (Fsp3) is 0.750. The third-order valence-corrected chi connectivity index (χ3v) is 3.87. The highest BCUT2D eigenvalue weighted by molar-refractivity contribution is 5.07. The fourth-order valence-corrected chi connectivity index (χ4v) is 2.94. The minimum absolute atomic E-state index is 0.390. The lowest BCUT2D eigenvalue weighted by Gasteiger charge is -2.25. The molecule has 1 saturated carbocycles. The molecule has 3 atom stereocenters. The third-order valence-electron chi connectivity index (χ3n) is 3.87. The minimum Gasteiger partial charge on any atom is -0.276 e. The van der Waals surface area contributed by atoms with Crippen LogP contribution >= 0.6 is 0 Å². The molecule has 0 saturated heterocycles. The lowest BCUT2D eigenvalue weighted by molar-refractivity contribution is 0.297. The van der Waals surface area contributed by atoms with E-state index < -0.39 is 0 Å². The first-order chi connectivity index (χ1) is 7.70. The number of nitrogens with zero attached hydrogens (tertiary/aromatic N) is 2. The molecule has 4 nitrogen and oxygen atoms in total. The van der Waals surface area contributed by atoms with E-state index in [9.17, 15) is 0 Å². The molecule has 1 fully saturated rings. The summed E-state index contributed by atoms with van der Waals surface area (Å²) >= 11 is 0. The van der Waals surface area contributed by atoms with Gasteiger partial charge < -0.3 is 0 Å². The second kappa shape index (κ2) is 4.97. The summed E-state index contributed by atoms with van der Waals surface area (Å²) in [6, 6.07) is 0.390. The lowest BCUT2D eigenvalue weighted by Crippen LogP contribution is -2.43. The smallest absolute Gasteiger partial charge is 0.0522 e. The van der Waals surface area contributed by atoms with Gasteiger partial charge in [0.1, 0.15) is 0 Å². The summed E-state index contributed by atoms with van der Waals surface area (Å²) in [7, 11) is 1.95. The number of aromatic nitrogens is 2. The molecule has 90 valence electrons. The zero-order valence-electron chi connectivity index (χ0n) is 10.2. The maximum Gasteiger partial charge on any atom is 0.0522 e. The largest absolute Gasteiger partial charge is 0.276 e. The van der Waals surface area contributed by atoms with E-state index >= 15 is 0 Å². The SMILES string of the molecule is CC1CCCC1C(Cc1cnn(C)c1)NN. The van der Waals surface area contributed by atoms with Gasteiger partial charge in [-0.3, -0.25) is 16.0 Å². The predicted molar refractivity (Wildman–Crippen MR) is 64.5 cm³/mol. The normalized spacial score (nSPS) is 27.2. The minimum atomic E-state index is 0.390. The van der Waals surface area contributed by atoms with Gasteiger partial charge in [-0.1, -0.05) is 19.8 Å². The quantitative estimate of drug-likeness (QED) is 0.595. The number of nitrogens with two attached hydrogens (primary N) is 1. The number of aryl methyl sites for hydroxylation is 1. The van der Waals surface area contributed by atoms with Crippen molar-refractivity contribution in [3.8, 4) is 0 Å². The Balaban J connectivity index is 2.00. The fourth-order valence-electron chi connectivity index (χ4n) is 2.94. The van der Waals surface area contributed by atoms with Gasteiger partial charge >= 0.3 is 0 Å². The van der Waals surface area contributed by atoms with Gasteiger partial charge in [-0.15, -0.1) is 0 Å². The first kappa shape index (κ1) is 11.6. The zero-order chi connectivity index (χ0) is 11.5. The lowest BCUT2D eigenvalue weighted by atomic mass is 9.87. The van der Waals surface area contributed by atoms with Crippen molar-refractivity contribution in [2.75, 3.05) is 0 Å². The number of nitrogens with one attached hydrogen (secondary N) is 1. The van der Waals surface area contributed by atoms with E-state index in [2.05, 4.69) is 23.6 Å². The maximum atomic E-state index is 5.69. The molecule has 1 aliphatic carbocycles. The Kier molecular flexibility index (Phi) is 3.61. The molecule has 0 bridgehead atoms. The van der Waals surface area contributed by atoms with Crippen LogP contribution in [0.4, 0.5) is 0 Å². The van der Waals surface area contributed by atoms with E-state index in [4.69, 9.17) is 5.84 Å². The standard InChI is InChI=1S/C12H22N4/c1-9-4-3-5-11(9)12(15-13)6-10-7-14-16(2)8-10/h7-9,11-12,15H,3-6,13H2,1-2H3. The van der Waals surface area contributed by atoms with Gasteiger partial charge in [-0.05, 0) is 30.2 Å². The van der Waals surface area contributed by atoms with Crippen molar-refractivity contribution < 1.29 is 0 Å². The average Bonchev–Trinajstić information content (AvgIpc) is 2.84. The van der Waals surface area contributed by atoms with Crippen LogP contribution in [0.2, 0.25) is 0 Å². The maximum absolute atomic E-state index is 5.69. The van der Waals surface area contributed by atoms with E-state index in [1.807, 2.05) is 17.9 Å². The van der Waals surface area contributed by atoms with Crippen molar-refractivity contribution in [3.05, 3.63) is 18.0 Å². The Bertz CT molecular complexity index is 334. The third kappa shape index (κ3) is 2.44. The summed E-state index contributed by atoms with van der Waals surface area (Å²) in [5, 5.41) is 4.20. The van der Waals surface area contributed by atoms with Crippen molar-refractivity contribution in [1.82, 2.24) is 15.2 Å². The first-order valence-electron chi connectivity index (χ1n) is 6.14. The molecule has 0 spiro atoms. The molecule has 0 amide bonds. The van der Waals surface area contributed by atoms with Crippen molar-refractivity contribution in [3.63, 3.8) is 0 Å². The second-order valence-corrected chi connectivity index (χ2v) is 5.07. The molecule has 1 aromatic heterocycles. The number of rotatable bonds is 4. The Hall–Kier alpha value is -0.870. The molecular weight excluding hydrogens is 200 g/mol. The predicted octanol–water partition coefficient (Wildman–Crippen LogP) is 1.23. The number of hydrogen-bond donors (Lipinski definition) is 2. The van der Waals surface area contributed by atoms with Gasteiger partial charge in [-0.2, -0.15) is 5.10 Å². The van der Waals surface area contributed by atoms with E-state index in [1.165, 1.54) is 24.8 Å². The van der Waals surface area contributed by atoms with Crippen LogP contribution in [0.15, 0.2) is 12.4 Å². The molecule has 0 radical (unpaired) electrons. The summed E-state index contributed by atoms with van der Waals surface area (Å²) in [6.45, 7) is 2.34. The van der Waals surface area contributed by atoms with Crippen LogP contribution < -0.4 is 11.3 Å². The van der Waals surface area contributed by atoms with E-state index in [-0.39, 0.29) is 0 Å². The summed E-state index contributed by atoms with van der Waals surface area (Å²) in [4.78, 5) is 0. The summed E-state index contributed by atoms with van der Waals surface area (Å²) in [5.74, 6) is 7.19. The van der Waals surface area contributed by atoms with Crippen molar-refractivity contribution >= 4 is 0 Å². The van der Waals surface area contributed by atoms with Gasteiger partial charge in [0.05, 0.1) is 6.20 Å². The van der Waals surface area contributed by atoms with E-state index in [1.54, 1.807) is 0 Å². The van der Waals surface area contributed by atoms with Gasteiger partial charge in [-0.25, -0.2) is 0 Å². The molecule has 4 heteroatoms. The molecule has 3 unspecified atom stereocenters. The van der Waals surface area contributed by atoms with Gasteiger partial charge in [0.2, 0.25) is 0 Å². The van der Waals surface area contributed by atoms with Crippen LogP contribution in [-0.4, -0.2) is 15.8 Å². The van der Waals surface area contributed by atoms with Crippen LogP contribution in [0.3, 0.4) is 0 Å². The average molecular weight is 222 g/mol. The van der Waals surface area contributed by atoms with E-state index in [0.29, 0.717) is 12.0 Å². The highest BCUT2D eigenvalue weighted by Crippen LogP contribution is 2.34. The number of hydrogen-bond acceptors (Lipinski definition) is 3.